The van der Waals surface area contributed by atoms with Gasteiger partial charge >= 0.3 is 0 Å². The summed E-state index contributed by atoms with van der Waals surface area (Å²) >= 11 is 0. The van der Waals surface area contributed by atoms with E-state index < -0.39 is 0 Å². The Balaban J connectivity index is 1.68. The van der Waals surface area contributed by atoms with E-state index in [1.54, 1.807) is 18.5 Å². The Hall–Kier alpha value is -2.41. The van der Waals surface area contributed by atoms with Crippen LogP contribution in [0.4, 0.5) is 5.82 Å². The third kappa shape index (κ3) is 3.68. The molecule has 1 fully saturated rings. The number of nitrogens with zero attached hydrogens (tertiary/aromatic N) is 2. The molecule has 2 atom stereocenters. The Morgan fingerprint density at radius 2 is 2.30 bits per heavy atom. The van der Waals surface area contributed by atoms with Crippen LogP contribution in [0.1, 0.15) is 29.5 Å². The lowest BCUT2D eigenvalue weighted by Crippen LogP contribution is -2.52. The number of ether oxygens (including phenoxy) is 1. The van der Waals surface area contributed by atoms with Crippen molar-refractivity contribution in [1.29, 1.82) is 0 Å². The van der Waals surface area contributed by atoms with Crippen LogP contribution < -0.4 is 10.6 Å². The quantitative estimate of drug-likeness (QED) is 0.871. The molecule has 2 aromatic rings. The van der Waals surface area contributed by atoms with Gasteiger partial charge < -0.3 is 19.8 Å². The van der Waals surface area contributed by atoms with Crippen LogP contribution in [0.25, 0.3) is 0 Å². The molecule has 0 aliphatic carbocycles. The number of amides is 1. The van der Waals surface area contributed by atoms with E-state index in [1.807, 2.05) is 13.0 Å². The normalized spacial score (nSPS) is 20.9. The average Bonchev–Trinajstić information content (AvgIpc) is 3.06. The minimum atomic E-state index is -0.187. The smallest absolute Gasteiger partial charge is 0.287 e. The first-order valence-electron chi connectivity index (χ1n) is 7.75. The summed E-state index contributed by atoms with van der Waals surface area (Å²) in [6.45, 7) is 3.12. The maximum absolute atomic E-state index is 12.5. The van der Waals surface area contributed by atoms with Crippen LogP contribution in [-0.4, -0.2) is 41.2 Å². The van der Waals surface area contributed by atoms with Crippen LogP contribution in [0.3, 0.4) is 0 Å². The Morgan fingerprint density at radius 3 is 3.09 bits per heavy atom. The third-order valence-electron chi connectivity index (χ3n) is 3.92. The van der Waals surface area contributed by atoms with Crippen molar-refractivity contribution < 1.29 is 13.9 Å². The van der Waals surface area contributed by atoms with E-state index >= 15 is 0 Å². The van der Waals surface area contributed by atoms with Crippen molar-refractivity contribution in [3.8, 4) is 0 Å². The molecule has 0 saturated carbocycles. The highest BCUT2D eigenvalue weighted by Gasteiger charge is 2.29. The van der Waals surface area contributed by atoms with Crippen molar-refractivity contribution in [2.75, 3.05) is 18.5 Å². The van der Waals surface area contributed by atoms with Gasteiger partial charge in [-0.05, 0) is 25.0 Å². The molecule has 0 radical (unpaired) electrons. The van der Waals surface area contributed by atoms with Gasteiger partial charge in [0.15, 0.2) is 5.76 Å². The number of aryl methyl sites for hydroxylation is 1. The first-order chi connectivity index (χ1) is 11.3. The molecule has 0 spiro atoms. The van der Waals surface area contributed by atoms with Gasteiger partial charge in [-0.1, -0.05) is 6.92 Å². The number of carbonyl (C=O) groups is 1. The summed E-state index contributed by atoms with van der Waals surface area (Å²) in [4.78, 5) is 20.5. The molecule has 3 heterocycles. The molecular formula is C16H20N4O3. The minimum Gasteiger partial charge on any atom is -0.459 e. The number of hydrogen-bond acceptors (Lipinski definition) is 6. The standard InChI is InChI=1S/C16H20N4O3/c1-2-11-4-8-23-15(11)16(21)20-12-5-7-22-9-13(12)19-14-3-6-17-10-18-14/h3-4,6,8,10,12-13H,2,5,7,9H2,1H3,(H,20,21)(H,17,18,19)/t12-,13+/m0/s1. The van der Waals surface area contributed by atoms with Crippen LogP contribution in [0, 0.1) is 0 Å². The monoisotopic (exact) mass is 316 g/mol. The van der Waals surface area contributed by atoms with Gasteiger partial charge in [0.05, 0.1) is 25.0 Å². The van der Waals surface area contributed by atoms with Gasteiger partial charge in [-0.3, -0.25) is 4.79 Å². The zero-order valence-corrected chi connectivity index (χ0v) is 13.0. The van der Waals surface area contributed by atoms with Crippen LogP contribution in [0.15, 0.2) is 35.3 Å². The predicted octanol–water partition coefficient (Wildman–Crippen LogP) is 1.63. The highest BCUT2D eigenvalue weighted by Crippen LogP contribution is 2.16. The lowest BCUT2D eigenvalue weighted by Gasteiger charge is -2.32. The summed E-state index contributed by atoms with van der Waals surface area (Å²) < 4.78 is 10.8. The number of aromatic nitrogens is 2. The van der Waals surface area contributed by atoms with E-state index in [0.29, 0.717) is 24.8 Å². The van der Waals surface area contributed by atoms with Crippen LogP contribution in [0.5, 0.6) is 0 Å². The number of anilines is 1. The number of hydrogen-bond donors (Lipinski definition) is 2. The molecule has 122 valence electrons. The van der Waals surface area contributed by atoms with Crippen molar-refractivity contribution >= 4 is 11.7 Å². The molecule has 0 bridgehead atoms. The summed E-state index contributed by atoms with van der Waals surface area (Å²) in [5.74, 6) is 0.912. The van der Waals surface area contributed by atoms with Crippen molar-refractivity contribution in [1.82, 2.24) is 15.3 Å². The summed E-state index contributed by atoms with van der Waals surface area (Å²) in [5, 5.41) is 6.34. The van der Waals surface area contributed by atoms with Gasteiger partial charge in [0.2, 0.25) is 0 Å². The lowest BCUT2D eigenvalue weighted by molar-refractivity contribution is 0.0609. The average molecular weight is 316 g/mol. The van der Waals surface area contributed by atoms with Gasteiger partial charge in [-0.25, -0.2) is 9.97 Å². The van der Waals surface area contributed by atoms with Gasteiger partial charge in [0.1, 0.15) is 12.1 Å². The fourth-order valence-corrected chi connectivity index (χ4v) is 2.67. The second kappa shape index (κ2) is 7.23. The fraction of sp³-hybridized carbons (Fsp3) is 0.438. The summed E-state index contributed by atoms with van der Waals surface area (Å²) in [6, 6.07) is 3.51. The van der Waals surface area contributed by atoms with Crippen molar-refractivity contribution in [3.63, 3.8) is 0 Å². The zero-order valence-electron chi connectivity index (χ0n) is 13.0. The maximum atomic E-state index is 12.5. The predicted molar refractivity (Wildman–Crippen MR) is 84.2 cm³/mol. The fourth-order valence-electron chi connectivity index (χ4n) is 2.67. The van der Waals surface area contributed by atoms with Gasteiger partial charge in [0, 0.05) is 18.4 Å². The number of nitrogens with one attached hydrogen (secondary N) is 2. The molecular weight excluding hydrogens is 296 g/mol. The SMILES string of the molecule is CCc1ccoc1C(=O)N[C@H]1CCOC[C@H]1Nc1ccncn1. The first-order valence-corrected chi connectivity index (χ1v) is 7.75. The van der Waals surface area contributed by atoms with Crippen molar-refractivity contribution in [2.24, 2.45) is 0 Å². The first kappa shape index (κ1) is 15.5. The molecule has 0 aromatic carbocycles. The van der Waals surface area contributed by atoms with Gasteiger partial charge in [-0.2, -0.15) is 0 Å². The van der Waals surface area contributed by atoms with Crippen LogP contribution in [0.2, 0.25) is 0 Å². The Labute approximate surface area is 134 Å². The van der Waals surface area contributed by atoms with Crippen molar-refractivity contribution in [2.45, 2.75) is 31.8 Å². The van der Waals surface area contributed by atoms with Crippen LogP contribution >= 0.6 is 0 Å². The van der Waals surface area contributed by atoms with Crippen molar-refractivity contribution in [3.05, 3.63) is 42.2 Å². The number of carbonyl (C=O) groups excluding carboxylic acids is 1. The lowest BCUT2D eigenvalue weighted by atomic mass is 10.0. The number of furan rings is 1. The van der Waals surface area contributed by atoms with E-state index in [2.05, 4.69) is 20.6 Å². The molecule has 1 aliphatic heterocycles. The molecule has 1 amide bonds. The summed E-state index contributed by atoms with van der Waals surface area (Å²) in [5.41, 5.74) is 0.912. The van der Waals surface area contributed by atoms with E-state index in [9.17, 15) is 4.79 Å². The van der Waals surface area contributed by atoms with Crippen LogP contribution in [-0.2, 0) is 11.2 Å². The van der Waals surface area contributed by atoms with E-state index in [0.717, 1.165) is 18.4 Å². The Morgan fingerprint density at radius 1 is 1.39 bits per heavy atom. The highest BCUT2D eigenvalue weighted by atomic mass is 16.5. The second-order valence-electron chi connectivity index (χ2n) is 5.42. The largest absolute Gasteiger partial charge is 0.459 e. The van der Waals surface area contributed by atoms with Gasteiger partial charge in [-0.15, -0.1) is 0 Å². The van der Waals surface area contributed by atoms with E-state index in [1.165, 1.54) is 6.33 Å². The Bertz CT molecular complexity index is 644. The second-order valence-corrected chi connectivity index (χ2v) is 5.42. The zero-order chi connectivity index (χ0) is 16.1. The topological polar surface area (TPSA) is 89.3 Å². The molecule has 7 heteroatoms. The molecule has 2 aromatic heterocycles. The van der Waals surface area contributed by atoms with E-state index in [-0.39, 0.29) is 18.0 Å². The molecule has 3 rings (SSSR count). The third-order valence-corrected chi connectivity index (χ3v) is 3.92. The van der Waals surface area contributed by atoms with Gasteiger partial charge in [0.25, 0.3) is 5.91 Å². The van der Waals surface area contributed by atoms with E-state index in [4.69, 9.17) is 9.15 Å². The maximum Gasteiger partial charge on any atom is 0.287 e. The highest BCUT2D eigenvalue weighted by molar-refractivity contribution is 5.93. The number of rotatable bonds is 5. The summed E-state index contributed by atoms with van der Waals surface area (Å²) in [6.07, 6.45) is 6.19. The Kier molecular flexibility index (Phi) is 4.87. The molecule has 23 heavy (non-hydrogen) atoms. The summed E-state index contributed by atoms with van der Waals surface area (Å²) in [7, 11) is 0. The molecule has 1 aliphatic rings. The molecule has 1 saturated heterocycles. The molecule has 2 N–H and O–H groups in total. The minimum absolute atomic E-state index is 0.0531. The molecule has 7 nitrogen and oxygen atoms in total. The molecule has 0 unspecified atom stereocenters.